The quantitative estimate of drug-likeness (QED) is 0.485. The number of ether oxygens (including phenoxy) is 2. The number of rotatable bonds is 6. The fourth-order valence-corrected chi connectivity index (χ4v) is 4.40. The van der Waals surface area contributed by atoms with Crippen LogP contribution in [0.2, 0.25) is 0 Å². The Morgan fingerprint density at radius 3 is 2.41 bits per heavy atom. The van der Waals surface area contributed by atoms with Gasteiger partial charge in [0, 0.05) is 7.85 Å². The standard InChI is InChI=1S/C26H19F3O5.H2/c1-14-2-3-15(10-19(14)16-4-6-18(24(31)32)20(27)12-16)11-23(30)25(8-9-25)17-5-7-21-22(13-17)34-26(28,29)33-21;/h2-7,10,12-13H,8-9,11H2,1H3,(H,31,32);1H. The van der Waals surface area contributed by atoms with Crippen LogP contribution >= 0.6 is 0 Å². The topological polar surface area (TPSA) is 72.8 Å². The lowest BCUT2D eigenvalue weighted by Gasteiger charge is -2.16. The first-order valence-electron chi connectivity index (χ1n) is 10.6. The molecule has 0 aromatic heterocycles. The summed E-state index contributed by atoms with van der Waals surface area (Å²) < 4.78 is 49.9. The molecule has 1 saturated carbocycles. The number of Topliss-reactive ketones (excluding diaryl/α,β-unsaturated/α-hetero) is 1. The minimum atomic E-state index is -3.72. The third kappa shape index (κ3) is 3.79. The molecule has 5 nitrogen and oxygen atoms in total. The van der Waals surface area contributed by atoms with Crippen LogP contribution in [0.5, 0.6) is 11.5 Å². The van der Waals surface area contributed by atoms with Gasteiger partial charge < -0.3 is 14.6 Å². The molecule has 8 heteroatoms. The van der Waals surface area contributed by atoms with E-state index in [1.54, 1.807) is 12.1 Å². The zero-order valence-corrected chi connectivity index (χ0v) is 18.0. The number of aromatic carboxylic acids is 1. The van der Waals surface area contributed by atoms with E-state index in [0.29, 0.717) is 35.1 Å². The van der Waals surface area contributed by atoms with Gasteiger partial charge in [-0.05, 0) is 71.8 Å². The van der Waals surface area contributed by atoms with E-state index in [2.05, 4.69) is 9.47 Å². The van der Waals surface area contributed by atoms with Gasteiger partial charge >= 0.3 is 12.3 Å². The van der Waals surface area contributed by atoms with Crippen molar-refractivity contribution in [2.45, 2.75) is 37.9 Å². The number of hydrogen-bond donors (Lipinski definition) is 1. The highest BCUT2D eigenvalue weighted by molar-refractivity contribution is 5.95. The van der Waals surface area contributed by atoms with Crippen LogP contribution in [0.3, 0.4) is 0 Å². The Morgan fingerprint density at radius 2 is 1.74 bits per heavy atom. The molecule has 34 heavy (non-hydrogen) atoms. The molecular formula is C26H21F3O5. The van der Waals surface area contributed by atoms with Crippen LogP contribution in [-0.2, 0) is 16.6 Å². The molecule has 2 aliphatic rings. The summed E-state index contributed by atoms with van der Waals surface area (Å²) in [7, 11) is 0. The summed E-state index contributed by atoms with van der Waals surface area (Å²) in [6, 6.07) is 13.8. The predicted octanol–water partition coefficient (Wildman–Crippen LogP) is 5.91. The number of halogens is 3. The van der Waals surface area contributed by atoms with Gasteiger partial charge in [-0.1, -0.05) is 30.3 Å². The molecule has 0 radical (unpaired) electrons. The third-order valence-corrected chi connectivity index (χ3v) is 6.41. The van der Waals surface area contributed by atoms with Crippen LogP contribution in [0.25, 0.3) is 11.1 Å². The fourth-order valence-electron chi connectivity index (χ4n) is 4.40. The van der Waals surface area contributed by atoms with E-state index < -0.39 is 29.1 Å². The summed E-state index contributed by atoms with van der Waals surface area (Å²) >= 11 is 0. The fraction of sp³-hybridized carbons (Fsp3) is 0.231. The molecule has 0 atom stereocenters. The van der Waals surface area contributed by atoms with Crippen molar-refractivity contribution < 1.29 is 38.8 Å². The van der Waals surface area contributed by atoms with E-state index in [0.717, 1.165) is 5.56 Å². The van der Waals surface area contributed by atoms with Crippen molar-refractivity contribution >= 4 is 11.8 Å². The van der Waals surface area contributed by atoms with Gasteiger partial charge in [0.2, 0.25) is 0 Å². The normalized spacial score (nSPS) is 16.8. The molecule has 1 heterocycles. The van der Waals surface area contributed by atoms with E-state index in [1.165, 1.54) is 30.3 Å². The zero-order valence-electron chi connectivity index (χ0n) is 18.0. The second-order valence-electron chi connectivity index (χ2n) is 8.66. The molecule has 1 N–H and O–H groups in total. The van der Waals surface area contributed by atoms with Crippen LogP contribution < -0.4 is 9.47 Å². The van der Waals surface area contributed by atoms with Crippen molar-refractivity contribution in [2.75, 3.05) is 0 Å². The largest absolute Gasteiger partial charge is 0.586 e. The van der Waals surface area contributed by atoms with Crippen LogP contribution in [0.1, 0.15) is 41.3 Å². The molecule has 0 spiro atoms. The van der Waals surface area contributed by atoms with Gasteiger partial charge in [0.25, 0.3) is 0 Å². The van der Waals surface area contributed by atoms with E-state index >= 15 is 0 Å². The van der Waals surface area contributed by atoms with Crippen molar-refractivity contribution in [1.82, 2.24) is 0 Å². The first kappa shape index (κ1) is 22.0. The number of carboxylic acids is 1. The Balaban J connectivity index is 0.00000289. The highest BCUT2D eigenvalue weighted by Gasteiger charge is 2.52. The number of benzene rings is 3. The lowest BCUT2D eigenvalue weighted by Crippen LogP contribution is -2.26. The Morgan fingerprint density at radius 1 is 1.00 bits per heavy atom. The smallest absolute Gasteiger partial charge is 0.478 e. The Kier molecular flexibility index (Phi) is 4.93. The summed E-state index contributed by atoms with van der Waals surface area (Å²) in [5.41, 5.74) is 2.18. The highest BCUT2D eigenvalue weighted by Crippen LogP contribution is 2.52. The monoisotopic (exact) mass is 470 g/mol. The lowest BCUT2D eigenvalue weighted by molar-refractivity contribution is -0.286. The van der Waals surface area contributed by atoms with Crippen LogP contribution in [-0.4, -0.2) is 23.2 Å². The molecule has 176 valence electrons. The van der Waals surface area contributed by atoms with Gasteiger partial charge in [-0.3, -0.25) is 4.79 Å². The summed E-state index contributed by atoms with van der Waals surface area (Å²) in [5, 5.41) is 9.05. The maximum Gasteiger partial charge on any atom is 0.586 e. The third-order valence-electron chi connectivity index (χ3n) is 6.41. The van der Waals surface area contributed by atoms with Gasteiger partial charge in [0.15, 0.2) is 11.5 Å². The number of carbonyl (C=O) groups excluding carboxylic acids is 1. The molecular weight excluding hydrogens is 449 g/mol. The van der Waals surface area contributed by atoms with Crippen LogP contribution in [0, 0.1) is 12.7 Å². The number of ketones is 1. The molecule has 5 rings (SSSR count). The number of hydrogen-bond acceptors (Lipinski definition) is 4. The first-order valence-corrected chi connectivity index (χ1v) is 10.6. The number of carboxylic acid groups (broad SMARTS) is 1. The van der Waals surface area contributed by atoms with Crippen molar-refractivity contribution in [1.29, 1.82) is 0 Å². The van der Waals surface area contributed by atoms with Crippen molar-refractivity contribution in [2.24, 2.45) is 0 Å². The Labute approximate surface area is 194 Å². The van der Waals surface area contributed by atoms with Gasteiger partial charge in [-0.15, -0.1) is 8.78 Å². The highest BCUT2D eigenvalue weighted by atomic mass is 19.3. The van der Waals surface area contributed by atoms with Gasteiger partial charge in [0.1, 0.15) is 11.6 Å². The average Bonchev–Trinajstić information content (AvgIpc) is 3.52. The van der Waals surface area contributed by atoms with Gasteiger partial charge in [-0.2, -0.15) is 0 Å². The van der Waals surface area contributed by atoms with Crippen molar-refractivity contribution in [3.63, 3.8) is 0 Å². The summed E-state index contributed by atoms with van der Waals surface area (Å²) in [6.07, 6.45) is -2.42. The number of fused-ring (bicyclic) bond motifs is 1. The molecule has 0 bridgehead atoms. The predicted molar refractivity (Wildman–Crippen MR) is 118 cm³/mol. The Bertz CT molecular complexity index is 1350. The number of carbonyl (C=O) groups is 2. The summed E-state index contributed by atoms with van der Waals surface area (Å²) in [4.78, 5) is 24.4. The summed E-state index contributed by atoms with van der Waals surface area (Å²) in [5.74, 6) is -2.40. The minimum absolute atomic E-state index is 0. The second-order valence-corrected chi connectivity index (χ2v) is 8.66. The maximum atomic E-state index is 14.2. The lowest BCUT2D eigenvalue weighted by atomic mass is 9.87. The van der Waals surface area contributed by atoms with Gasteiger partial charge in [0.05, 0.1) is 11.0 Å². The minimum Gasteiger partial charge on any atom is -0.478 e. The molecule has 3 aromatic carbocycles. The van der Waals surface area contributed by atoms with E-state index in [-0.39, 0.29) is 25.1 Å². The maximum absolute atomic E-state index is 14.2. The zero-order chi connectivity index (χ0) is 24.3. The van der Waals surface area contributed by atoms with E-state index in [1.807, 2.05) is 19.1 Å². The van der Waals surface area contributed by atoms with Gasteiger partial charge in [-0.25, -0.2) is 9.18 Å². The molecule has 0 unspecified atom stereocenters. The number of aryl methyl sites for hydroxylation is 1. The molecule has 3 aromatic rings. The van der Waals surface area contributed by atoms with E-state index in [4.69, 9.17) is 5.11 Å². The molecule has 1 fully saturated rings. The SMILES string of the molecule is Cc1ccc(CC(=O)C2(c3ccc4c(c3)OC(F)(F)O4)CC2)cc1-c1ccc(C(=O)O)c(F)c1.[HH]. The van der Waals surface area contributed by atoms with Crippen LogP contribution in [0.15, 0.2) is 54.6 Å². The van der Waals surface area contributed by atoms with Crippen molar-refractivity contribution in [3.8, 4) is 22.6 Å². The first-order chi connectivity index (χ1) is 16.1. The number of alkyl halides is 2. The van der Waals surface area contributed by atoms with Crippen molar-refractivity contribution in [3.05, 3.63) is 82.7 Å². The molecule has 1 aliphatic carbocycles. The van der Waals surface area contributed by atoms with Crippen LogP contribution in [0.4, 0.5) is 13.2 Å². The summed E-state index contributed by atoms with van der Waals surface area (Å²) in [6.45, 7) is 1.84. The van der Waals surface area contributed by atoms with E-state index in [9.17, 15) is 22.8 Å². The average molecular weight is 470 g/mol. The Hall–Kier alpha value is -3.81. The molecule has 0 amide bonds. The molecule has 1 aliphatic heterocycles. The second kappa shape index (κ2) is 7.62. The molecule has 0 saturated heterocycles.